The summed E-state index contributed by atoms with van der Waals surface area (Å²) in [6, 6.07) is 15.4. The zero-order valence-corrected chi connectivity index (χ0v) is 22.0. The molecule has 2 aromatic heterocycles. The van der Waals surface area contributed by atoms with Crippen molar-refractivity contribution in [3.8, 4) is 5.75 Å². The summed E-state index contributed by atoms with van der Waals surface area (Å²) in [6.07, 6.45) is 2.81. The van der Waals surface area contributed by atoms with E-state index in [1.165, 1.54) is 4.88 Å². The number of hydrogen-bond acceptors (Lipinski definition) is 6. The van der Waals surface area contributed by atoms with Crippen molar-refractivity contribution in [3.05, 3.63) is 74.4 Å². The minimum Gasteiger partial charge on any atom is -0.494 e. The lowest BCUT2D eigenvalue weighted by atomic mass is 9.74. The highest BCUT2D eigenvalue weighted by atomic mass is 35.5. The number of ether oxygens (including phenoxy) is 1. The number of benzene rings is 2. The van der Waals surface area contributed by atoms with Crippen molar-refractivity contribution in [1.29, 1.82) is 0 Å². The van der Waals surface area contributed by atoms with Crippen molar-refractivity contribution in [2.75, 3.05) is 24.6 Å². The van der Waals surface area contributed by atoms with Gasteiger partial charge in [0.2, 0.25) is 0 Å². The Morgan fingerprint density at radius 3 is 2.69 bits per heavy atom. The average Bonchev–Trinajstić information content (AvgIpc) is 3.49. The number of piperidine rings is 1. The quantitative estimate of drug-likeness (QED) is 0.251. The van der Waals surface area contributed by atoms with E-state index >= 15 is 0 Å². The van der Waals surface area contributed by atoms with Gasteiger partial charge in [-0.2, -0.15) is 0 Å². The number of nitrogens with zero attached hydrogens (tertiary/aromatic N) is 2. The minimum absolute atomic E-state index is 0.0348. The van der Waals surface area contributed by atoms with E-state index in [-0.39, 0.29) is 11.8 Å². The van der Waals surface area contributed by atoms with E-state index in [4.69, 9.17) is 38.0 Å². The average molecular weight is 548 g/mol. The molecule has 1 fully saturated rings. The van der Waals surface area contributed by atoms with Gasteiger partial charge in [0.05, 0.1) is 23.2 Å². The third kappa shape index (κ3) is 5.59. The van der Waals surface area contributed by atoms with Gasteiger partial charge in [0, 0.05) is 33.4 Å². The van der Waals surface area contributed by atoms with Gasteiger partial charge in [0.25, 0.3) is 0 Å². The fourth-order valence-electron chi connectivity index (χ4n) is 4.69. The van der Waals surface area contributed by atoms with Crippen LogP contribution in [0, 0.1) is 0 Å². The van der Waals surface area contributed by atoms with Crippen LogP contribution in [0.25, 0.3) is 10.2 Å². The number of aliphatic carboxylic acids is 1. The van der Waals surface area contributed by atoms with Crippen LogP contribution in [0.15, 0.2) is 53.9 Å². The van der Waals surface area contributed by atoms with Crippen molar-refractivity contribution in [1.82, 2.24) is 4.98 Å². The van der Waals surface area contributed by atoms with Crippen LogP contribution >= 0.6 is 45.9 Å². The Hall–Kier alpha value is -2.32. The number of hydrogen-bond donors (Lipinski definition) is 1. The second-order valence-electron chi connectivity index (χ2n) is 8.82. The Morgan fingerprint density at radius 2 is 1.94 bits per heavy atom. The number of carbonyl (C=O) groups is 1. The molecule has 3 heterocycles. The van der Waals surface area contributed by atoms with Crippen LogP contribution in [0.2, 0.25) is 10.0 Å². The Balaban J connectivity index is 1.28. The molecule has 0 saturated carbocycles. The van der Waals surface area contributed by atoms with Crippen LogP contribution in [-0.4, -0.2) is 35.8 Å². The zero-order chi connectivity index (χ0) is 24.4. The van der Waals surface area contributed by atoms with Crippen LogP contribution in [0.4, 0.5) is 5.13 Å². The van der Waals surface area contributed by atoms with Gasteiger partial charge in [-0.15, -0.1) is 11.3 Å². The van der Waals surface area contributed by atoms with Gasteiger partial charge < -0.3 is 14.7 Å². The SMILES string of the molecule is O=C(O)Cc1cc(Cl)cc(OCCC2(c3cccs3)CCN(c3nc4ccc(Cl)cc4s3)CC2)c1. The number of anilines is 1. The van der Waals surface area contributed by atoms with Crippen LogP contribution in [-0.2, 0) is 16.6 Å². The molecule has 2 aromatic carbocycles. The smallest absolute Gasteiger partial charge is 0.307 e. The number of thiophene rings is 1. The molecule has 0 radical (unpaired) electrons. The number of aromatic nitrogens is 1. The molecule has 182 valence electrons. The molecule has 1 N–H and O–H groups in total. The van der Waals surface area contributed by atoms with Gasteiger partial charge in [0.1, 0.15) is 5.75 Å². The first-order chi connectivity index (χ1) is 16.9. The van der Waals surface area contributed by atoms with E-state index in [2.05, 4.69) is 22.4 Å². The van der Waals surface area contributed by atoms with E-state index < -0.39 is 5.97 Å². The molecule has 4 aromatic rings. The molecule has 5 nitrogen and oxygen atoms in total. The van der Waals surface area contributed by atoms with E-state index in [0.29, 0.717) is 22.9 Å². The summed E-state index contributed by atoms with van der Waals surface area (Å²) in [4.78, 5) is 19.7. The van der Waals surface area contributed by atoms with Gasteiger partial charge in [-0.05, 0) is 72.7 Å². The molecule has 1 aliphatic heterocycles. The van der Waals surface area contributed by atoms with E-state index in [1.54, 1.807) is 40.9 Å². The highest BCUT2D eigenvalue weighted by molar-refractivity contribution is 7.22. The van der Waals surface area contributed by atoms with Crippen LogP contribution in [0.3, 0.4) is 0 Å². The molecule has 0 aliphatic carbocycles. The number of carboxylic acids is 1. The predicted molar refractivity (Wildman–Crippen MR) is 145 cm³/mol. The first-order valence-corrected chi connectivity index (χ1v) is 13.8. The molecule has 35 heavy (non-hydrogen) atoms. The Labute approximate surface area is 221 Å². The Kier molecular flexibility index (Phi) is 7.21. The summed E-state index contributed by atoms with van der Waals surface area (Å²) < 4.78 is 7.20. The molecule has 0 amide bonds. The lowest BCUT2D eigenvalue weighted by Gasteiger charge is -2.41. The summed E-state index contributed by atoms with van der Waals surface area (Å²) in [5.41, 5.74) is 1.66. The summed E-state index contributed by atoms with van der Waals surface area (Å²) in [5.74, 6) is -0.279. The van der Waals surface area contributed by atoms with Crippen LogP contribution in [0.1, 0.15) is 29.7 Å². The molecule has 1 saturated heterocycles. The molecule has 0 spiro atoms. The number of thiazole rings is 1. The summed E-state index contributed by atoms with van der Waals surface area (Å²) >= 11 is 15.8. The van der Waals surface area contributed by atoms with Gasteiger partial charge in [-0.1, -0.05) is 40.6 Å². The Morgan fingerprint density at radius 1 is 1.11 bits per heavy atom. The molecular formula is C26H24Cl2N2O3S2. The van der Waals surface area contributed by atoms with Gasteiger partial charge in [-0.3, -0.25) is 4.79 Å². The zero-order valence-electron chi connectivity index (χ0n) is 18.9. The second-order valence-corrected chi connectivity index (χ2v) is 11.6. The predicted octanol–water partition coefficient (Wildman–Crippen LogP) is 7.30. The lowest BCUT2D eigenvalue weighted by Crippen LogP contribution is -2.43. The number of fused-ring (bicyclic) bond motifs is 1. The highest BCUT2D eigenvalue weighted by Crippen LogP contribution is 2.43. The van der Waals surface area contributed by atoms with Crippen molar-refractivity contribution < 1.29 is 14.6 Å². The molecule has 0 bridgehead atoms. The first-order valence-electron chi connectivity index (χ1n) is 11.4. The van der Waals surface area contributed by atoms with Crippen molar-refractivity contribution in [3.63, 3.8) is 0 Å². The maximum atomic E-state index is 11.1. The molecular weight excluding hydrogens is 523 g/mol. The number of rotatable bonds is 8. The van der Waals surface area contributed by atoms with E-state index in [1.807, 2.05) is 18.2 Å². The summed E-state index contributed by atoms with van der Waals surface area (Å²) in [6.45, 7) is 2.38. The first kappa shape index (κ1) is 24.4. The summed E-state index contributed by atoms with van der Waals surface area (Å²) in [7, 11) is 0. The number of halogens is 2. The molecule has 5 rings (SSSR count). The van der Waals surface area contributed by atoms with Gasteiger partial charge in [-0.25, -0.2) is 4.98 Å². The highest BCUT2D eigenvalue weighted by Gasteiger charge is 2.37. The van der Waals surface area contributed by atoms with Crippen molar-refractivity contribution in [2.45, 2.75) is 31.1 Å². The van der Waals surface area contributed by atoms with Crippen molar-refractivity contribution in [2.24, 2.45) is 0 Å². The third-order valence-electron chi connectivity index (χ3n) is 6.51. The fourth-order valence-corrected chi connectivity index (χ4v) is 7.25. The standard InChI is InChI=1S/C26H24Cl2N2O3S2/c27-18-3-4-21-22(16-18)35-25(29-21)30-8-5-26(6-9-30,23-2-1-11-34-23)7-10-33-20-13-17(14-24(31)32)12-19(28)15-20/h1-4,11-13,15-16H,5-10,14H2,(H,31,32). The van der Waals surface area contributed by atoms with E-state index in [0.717, 1.165) is 52.7 Å². The fraction of sp³-hybridized carbons (Fsp3) is 0.308. The Bertz CT molecular complexity index is 1330. The topological polar surface area (TPSA) is 62.7 Å². The maximum Gasteiger partial charge on any atom is 0.307 e. The molecule has 1 aliphatic rings. The summed E-state index contributed by atoms with van der Waals surface area (Å²) in [5, 5.41) is 13.5. The van der Waals surface area contributed by atoms with Gasteiger partial charge in [0.15, 0.2) is 5.13 Å². The molecule has 0 atom stereocenters. The van der Waals surface area contributed by atoms with Gasteiger partial charge >= 0.3 is 5.97 Å². The van der Waals surface area contributed by atoms with Crippen molar-refractivity contribution >= 4 is 67.2 Å². The number of carboxylic acid groups (broad SMARTS) is 1. The van der Waals surface area contributed by atoms with Crippen LogP contribution in [0.5, 0.6) is 5.75 Å². The van der Waals surface area contributed by atoms with Crippen LogP contribution < -0.4 is 9.64 Å². The lowest BCUT2D eigenvalue weighted by molar-refractivity contribution is -0.136. The largest absolute Gasteiger partial charge is 0.494 e. The monoisotopic (exact) mass is 546 g/mol. The minimum atomic E-state index is -0.891. The second kappa shape index (κ2) is 10.3. The van der Waals surface area contributed by atoms with E-state index in [9.17, 15) is 4.79 Å². The normalized spacial score (nSPS) is 15.4. The third-order valence-corrected chi connectivity index (χ3v) is 9.16. The maximum absolute atomic E-state index is 11.1. The molecule has 0 unspecified atom stereocenters. The molecule has 9 heteroatoms.